The highest BCUT2D eigenvalue weighted by Gasteiger charge is 2.00. The molecule has 0 unspecified atom stereocenters. The van der Waals surface area contributed by atoms with Crippen LogP contribution < -0.4 is 5.73 Å². The van der Waals surface area contributed by atoms with E-state index in [1.165, 1.54) is 0 Å². The molecule has 0 aliphatic rings. The van der Waals surface area contributed by atoms with E-state index >= 15 is 0 Å². The first-order valence-electron chi connectivity index (χ1n) is 3.00. The molecular weight excluding hydrogens is 204 g/mol. The van der Waals surface area contributed by atoms with Gasteiger partial charge in [-0.25, -0.2) is 0 Å². The van der Waals surface area contributed by atoms with Crippen molar-refractivity contribution >= 4 is 15.9 Å². The standard InChI is InChI=1S/C8H9BrN2/c1-3-4-8(11)7(5-10)6(2)9/h3-4H,2,11H2,1H3/b4-3-,8-7+. The summed E-state index contributed by atoms with van der Waals surface area (Å²) in [5.74, 6) is 0. The summed E-state index contributed by atoms with van der Waals surface area (Å²) in [6.07, 6.45) is 3.42. The van der Waals surface area contributed by atoms with Crippen LogP contribution in [-0.4, -0.2) is 0 Å². The summed E-state index contributed by atoms with van der Waals surface area (Å²) in [5.41, 5.74) is 6.32. The molecule has 0 saturated carbocycles. The lowest BCUT2D eigenvalue weighted by atomic mass is 10.2. The molecule has 2 nitrogen and oxygen atoms in total. The van der Waals surface area contributed by atoms with Crippen LogP contribution in [0.25, 0.3) is 0 Å². The fourth-order valence-electron chi connectivity index (χ4n) is 0.545. The van der Waals surface area contributed by atoms with Crippen molar-refractivity contribution in [1.29, 1.82) is 5.26 Å². The summed E-state index contributed by atoms with van der Waals surface area (Å²) in [6, 6.07) is 1.94. The third-order valence-corrected chi connectivity index (χ3v) is 1.41. The van der Waals surface area contributed by atoms with E-state index in [0.29, 0.717) is 15.8 Å². The predicted molar refractivity (Wildman–Crippen MR) is 49.7 cm³/mol. The van der Waals surface area contributed by atoms with Crippen molar-refractivity contribution in [3.8, 4) is 6.07 Å². The second-order valence-electron chi connectivity index (χ2n) is 1.85. The van der Waals surface area contributed by atoms with Gasteiger partial charge < -0.3 is 5.73 Å². The van der Waals surface area contributed by atoms with Gasteiger partial charge in [-0.2, -0.15) is 5.26 Å². The Kier molecular flexibility index (Phi) is 4.32. The normalized spacial score (nSPS) is 12.5. The summed E-state index contributed by atoms with van der Waals surface area (Å²) in [4.78, 5) is 0. The molecule has 3 heteroatoms. The van der Waals surface area contributed by atoms with Crippen LogP contribution in [0.15, 0.2) is 34.5 Å². The van der Waals surface area contributed by atoms with Crippen LogP contribution in [0.4, 0.5) is 0 Å². The van der Waals surface area contributed by atoms with Gasteiger partial charge in [-0.05, 0) is 28.9 Å². The SMILES string of the molecule is C=C(Br)/C(C#N)=C(N)\C=C/C. The Morgan fingerprint density at radius 1 is 1.73 bits per heavy atom. The minimum absolute atomic E-state index is 0.378. The third-order valence-electron chi connectivity index (χ3n) is 1.02. The molecule has 0 heterocycles. The highest BCUT2D eigenvalue weighted by atomic mass is 79.9. The highest BCUT2D eigenvalue weighted by Crippen LogP contribution is 2.15. The van der Waals surface area contributed by atoms with Crippen molar-refractivity contribution < 1.29 is 0 Å². The van der Waals surface area contributed by atoms with Crippen LogP contribution in [-0.2, 0) is 0 Å². The van der Waals surface area contributed by atoms with Gasteiger partial charge in [0.15, 0.2) is 0 Å². The van der Waals surface area contributed by atoms with Crippen molar-refractivity contribution in [3.63, 3.8) is 0 Å². The van der Waals surface area contributed by atoms with Gasteiger partial charge in [0.05, 0.1) is 11.3 Å². The molecule has 0 spiro atoms. The molecule has 0 aliphatic carbocycles. The molecule has 11 heavy (non-hydrogen) atoms. The Hall–Kier alpha value is -1.01. The molecule has 0 atom stereocenters. The van der Waals surface area contributed by atoms with Crippen molar-refractivity contribution in [2.24, 2.45) is 5.73 Å². The smallest absolute Gasteiger partial charge is 0.102 e. The zero-order chi connectivity index (χ0) is 8.85. The second kappa shape index (κ2) is 4.75. The first-order chi connectivity index (χ1) is 5.13. The van der Waals surface area contributed by atoms with Crippen LogP contribution in [0.5, 0.6) is 0 Å². The molecule has 0 saturated heterocycles. The van der Waals surface area contributed by atoms with Crippen LogP contribution in [0.2, 0.25) is 0 Å². The van der Waals surface area contributed by atoms with E-state index in [1.807, 2.05) is 13.0 Å². The van der Waals surface area contributed by atoms with Gasteiger partial charge in [0.1, 0.15) is 6.07 Å². The first-order valence-corrected chi connectivity index (χ1v) is 3.80. The van der Waals surface area contributed by atoms with E-state index < -0.39 is 0 Å². The number of hydrogen-bond donors (Lipinski definition) is 1. The maximum absolute atomic E-state index is 8.58. The van der Waals surface area contributed by atoms with Gasteiger partial charge in [-0.1, -0.05) is 12.7 Å². The molecule has 58 valence electrons. The maximum atomic E-state index is 8.58. The van der Waals surface area contributed by atoms with E-state index in [-0.39, 0.29) is 0 Å². The molecule has 2 N–H and O–H groups in total. The Morgan fingerprint density at radius 3 is 2.55 bits per heavy atom. The molecule has 0 rings (SSSR count). The molecule has 0 fully saturated rings. The number of halogens is 1. The average Bonchev–Trinajstić information content (AvgIpc) is 1.88. The molecule has 0 aromatic rings. The molecule has 0 aromatic carbocycles. The Balaban J connectivity index is 4.87. The number of nitriles is 1. The monoisotopic (exact) mass is 212 g/mol. The minimum atomic E-state index is 0.378. The zero-order valence-corrected chi connectivity index (χ0v) is 7.85. The molecule has 0 aromatic heterocycles. The average molecular weight is 213 g/mol. The van der Waals surface area contributed by atoms with Crippen molar-refractivity contribution in [2.75, 3.05) is 0 Å². The lowest BCUT2D eigenvalue weighted by Gasteiger charge is -1.96. The molecular formula is C8H9BrN2. The van der Waals surface area contributed by atoms with E-state index in [0.717, 1.165) is 0 Å². The van der Waals surface area contributed by atoms with Gasteiger partial charge in [-0.3, -0.25) is 0 Å². The van der Waals surface area contributed by atoms with E-state index in [2.05, 4.69) is 22.5 Å². The number of allylic oxidation sites excluding steroid dienone is 4. The number of rotatable bonds is 2. The highest BCUT2D eigenvalue weighted by molar-refractivity contribution is 9.11. The van der Waals surface area contributed by atoms with Crippen LogP contribution in [0.1, 0.15) is 6.92 Å². The quantitative estimate of drug-likeness (QED) is 0.564. The van der Waals surface area contributed by atoms with Gasteiger partial charge in [-0.15, -0.1) is 0 Å². The second-order valence-corrected chi connectivity index (χ2v) is 2.80. The van der Waals surface area contributed by atoms with Gasteiger partial charge in [0.2, 0.25) is 0 Å². The van der Waals surface area contributed by atoms with E-state index in [4.69, 9.17) is 11.0 Å². The molecule has 0 aliphatic heterocycles. The summed E-state index contributed by atoms with van der Waals surface area (Å²) in [7, 11) is 0. The van der Waals surface area contributed by atoms with Crippen LogP contribution in [0.3, 0.4) is 0 Å². The fourth-order valence-corrected chi connectivity index (χ4v) is 0.862. The van der Waals surface area contributed by atoms with Gasteiger partial charge in [0, 0.05) is 4.48 Å². The zero-order valence-electron chi connectivity index (χ0n) is 6.26. The summed E-state index contributed by atoms with van der Waals surface area (Å²) >= 11 is 3.08. The molecule has 0 radical (unpaired) electrons. The van der Waals surface area contributed by atoms with Crippen molar-refractivity contribution in [3.05, 3.63) is 34.5 Å². The lowest BCUT2D eigenvalue weighted by molar-refractivity contribution is 1.35. The van der Waals surface area contributed by atoms with Gasteiger partial charge in [0.25, 0.3) is 0 Å². The molecule has 0 amide bonds. The number of nitrogens with zero attached hydrogens (tertiary/aromatic N) is 1. The number of hydrogen-bond acceptors (Lipinski definition) is 2. The Labute approximate surface area is 74.8 Å². The van der Waals surface area contributed by atoms with Crippen molar-refractivity contribution in [1.82, 2.24) is 0 Å². The Morgan fingerprint density at radius 2 is 2.27 bits per heavy atom. The lowest BCUT2D eigenvalue weighted by Crippen LogP contribution is -1.97. The fraction of sp³-hybridized carbons (Fsp3) is 0.125. The summed E-state index contributed by atoms with van der Waals surface area (Å²) in [6.45, 7) is 5.38. The van der Waals surface area contributed by atoms with Crippen LogP contribution >= 0.6 is 15.9 Å². The summed E-state index contributed by atoms with van der Waals surface area (Å²) < 4.78 is 0.510. The first kappa shape index (κ1) is 9.99. The van der Waals surface area contributed by atoms with E-state index in [9.17, 15) is 0 Å². The topological polar surface area (TPSA) is 49.8 Å². The summed E-state index contributed by atoms with van der Waals surface area (Å²) in [5, 5.41) is 8.58. The van der Waals surface area contributed by atoms with Crippen molar-refractivity contribution in [2.45, 2.75) is 6.92 Å². The minimum Gasteiger partial charge on any atom is -0.398 e. The largest absolute Gasteiger partial charge is 0.398 e. The number of nitrogens with two attached hydrogens (primary N) is 1. The predicted octanol–water partition coefficient (Wildman–Crippen LogP) is 2.21. The van der Waals surface area contributed by atoms with E-state index in [1.54, 1.807) is 12.2 Å². The van der Waals surface area contributed by atoms with Crippen LogP contribution in [0, 0.1) is 11.3 Å². The maximum Gasteiger partial charge on any atom is 0.102 e. The third kappa shape index (κ3) is 3.06. The molecule has 0 bridgehead atoms. The van der Waals surface area contributed by atoms with Gasteiger partial charge >= 0.3 is 0 Å². The Bertz CT molecular complexity index is 256.